The average Bonchev–Trinajstić information content (AvgIpc) is 2.93. The summed E-state index contributed by atoms with van der Waals surface area (Å²) in [7, 11) is 1.60. The number of aromatic hydroxyl groups is 1. The molecular formula is C20H18N2O4S2. The number of thiocarbonyl (C=S) groups is 1. The molecule has 0 saturated carbocycles. The minimum atomic E-state index is -0.265. The molecule has 28 heavy (non-hydrogen) atoms. The lowest BCUT2D eigenvalue weighted by atomic mass is 10.2. The predicted molar refractivity (Wildman–Crippen MR) is 115 cm³/mol. The molecule has 1 saturated heterocycles. The van der Waals surface area contributed by atoms with Crippen molar-refractivity contribution in [1.82, 2.24) is 4.90 Å². The van der Waals surface area contributed by atoms with Crippen LogP contribution in [-0.4, -0.2) is 39.8 Å². The van der Waals surface area contributed by atoms with Gasteiger partial charge in [-0.2, -0.15) is 0 Å². The highest BCUT2D eigenvalue weighted by Crippen LogP contribution is 2.33. The smallest absolute Gasteiger partial charge is 0.291 e. The van der Waals surface area contributed by atoms with Gasteiger partial charge in [0.25, 0.3) is 5.24 Å². The number of ether oxygens (including phenoxy) is 1. The summed E-state index contributed by atoms with van der Waals surface area (Å²) in [5.41, 5.74) is 1.40. The SMILES string of the molecule is COc1ccc(/C=C2\SC(=O)N(CCC(=O)Nc3cccc(O)c3)C2=S)cc1. The summed E-state index contributed by atoms with van der Waals surface area (Å²) in [4.78, 5) is 26.9. The number of nitrogens with one attached hydrogen (secondary N) is 1. The van der Waals surface area contributed by atoms with E-state index < -0.39 is 0 Å². The lowest BCUT2D eigenvalue weighted by molar-refractivity contribution is -0.116. The number of amides is 2. The Hall–Kier alpha value is -2.84. The molecule has 6 nitrogen and oxygen atoms in total. The molecule has 2 amide bonds. The van der Waals surface area contributed by atoms with E-state index in [2.05, 4.69) is 5.32 Å². The first kappa shape index (κ1) is 19.9. The molecule has 8 heteroatoms. The standard InChI is InChI=1S/C20H18N2O4S2/c1-26-16-7-5-13(6-8-16)11-17-19(27)22(20(25)28-17)10-9-18(24)21-14-3-2-4-15(23)12-14/h2-8,11-12,23H,9-10H2,1H3,(H,21,24)/b17-11-. The summed E-state index contributed by atoms with van der Waals surface area (Å²) in [5.74, 6) is 0.552. The molecule has 0 aliphatic carbocycles. The number of hydrogen-bond donors (Lipinski definition) is 2. The van der Waals surface area contributed by atoms with Crippen LogP contribution >= 0.6 is 24.0 Å². The van der Waals surface area contributed by atoms with Crippen molar-refractivity contribution in [2.45, 2.75) is 6.42 Å². The molecule has 1 aliphatic rings. The van der Waals surface area contributed by atoms with Crippen LogP contribution < -0.4 is 10.1 Å². The summed E-state index contributed by atoms with van der Waals surface area (Å²) in [6.45, 7) is 0.190. The van der Waals surface area contributed by atoms with Gasteiger partial charge in [-0.15, -0.1) is 0 Å². The number of carbonyl (C=O) groups is 2. The molecule has 1 fully saturated rings. The Morgan fingerprint density at radius 3 is 2.71 bits per heavy atom. The van der Waals surface area contributed by atoms with Crippen LogP contribution in [0, 0.1) is 0 Å². The van der Waals surface area contributed by atoms with Crippen molar-refractivity contribution in [3.63, 3.8) is 0 Å². The monoisotopic (exact) mass is 414 g/mol. The number of methoxy groups -OCH3 is 1. The maximum absolute atomic E-state index is 12.3. The Morgan fingerprint density at radius 1 is 1.29 bits per heavy atom. The molecule has 0 spiro atoms. The molecule has 2 aromatic carbocycles. The number of benzene rings is 2. The van der Waals surface area contributed by atoms with Crippen molar-refractivity contribution in [3.05, 3.63) is 59.0 Å². The third kappa shape index (κ3) is 4.90. The van der Waals surface area contributed by atoms with Gasteiger partial charge < -0.3 is 15.2 Å². The van der Waals surface area contributed by atoms with Crippen molar-refractivity contribution in [2.24, 2.45) is 0 Å². The van der Waals surface area contributed by atoms with Gasteiger partial charge in [0.2, 0.25) is 5.91 Å². The van der Waals surface area contributed by atoms with Gasteiger partial charge in [-0.25, -0.2) is 0 Å². The normalized spacial score (nSPS) is 15.2. The van der Waals surface area contributed by atoms with Crippen molar-refractivity contribution in [3.8, 4) is 11.5 Å². The largest absolute Gasteiger partial charge is 0.508 e. The van der Waals surface area contributed by atoms with E-state index in [1.54, 1.807) is 19.2 Å². The Labute approximate surface area is 172 Å². The summed E-state index contributed by atoms with van der Waals surface area (Å²) in [5, 5.41) is 11.9. The topological polar surface area (TPSA) is 78.9 Å². The average molecular weight is 415 g/mol. The Kier molecular flexibility index (Phi) is 6.33. The van der Waals surface area contributed by atoms with E-state index in [1.807, 2.05) is 30.3 Å². The van der Waals surface area contributed by atoms with E-state index in [4.69, 9.17) is 17.0 Å². The third-order valence-electron chi connectivity index (χ3n) is 3.98. The van der Waals surface area contributed by atoms with Gasteiger partial charge in [-0.3, -0.25) is 14.5 Å². The number of thioether (sulfide) groups is 1. The maximum Gasteiger partial charge on any atom is 0.291 e. The quantitative estimate of drug-likeness (QED) is 0.543. The van der Waals surface area contributed by atoms with E-state index >= 15 is 0 Å². The number of nitrogens with zero attached hydrogens (tertiary/aromatic N) is 1. The molecule has 2 N–H and O–H groups in total. The molecule has 0 unspecified atom stereocenters. The molecule has 1 aliphatic heterocycles. The van der Waals surface area contributed by atoms with Gasteiger partial charge in [-0.05, 0) is 47.7 Å². The maximum atomic E-state index is 12.3. The highest BCUT2D eigenvalue weighted by Gasteiger charge is 2.31. The van der Waals surface area contributed by atoms with Gasteiger partial charge >= 0.3 is 0 Å². The minimum Gasteiger partial charge on any atom is -0.508 e. The van der Waals surface area contributed by atoms with Crippen molar-refractivity contribution >= 4 is 51.9 Å². The summed E-state index contributed by atoms with van der Waals surface area (Å²) < 4.78 is 5.13. The molecule has 0 atom stereocenters. The second-order valence-electron chi connectivity index (χ2n) is 5.96. The van der Waals surface area contributed by atoms with Crippen LogP contribution in [0.25, 0.3) is 6.08 Å². The highest BCUT2D eigenvalue weighted by atomic mass is 32.2. The van der Waals surface area contributed by atoms with Crippen LogP contribution in [0.5, 0.6) is 11.5 Å². The first-order valence-electron chi connectivity index (χ1n) is 8.44. The molecule has 0 radical (unpaired) electrons. The van der Waals surface area contributed by atoms with E-state index in [1.165, 1.54) is 17.0 Å². The lowest BCUT2D eigenvalue weighted by Gasteiger charge is -2.14. The Bertz CT molecular complexity index is 941. The summed E-state index contributed by atoms with van der Waals surface area (Å²) in [6.07, 6.45) is 1.94. The molecular weight excluding hydrogens is 396 g/mol. The van der Waals surface area contributed by atoms with Crippen LogP contribution in [0.2, 0.25) is 0 Å². The van der Waals surface area contributed by atoms with Crippen LogP contribution in [-0.2, 0) is 4.79 Å². The number of anilines is 1. The summed E-state index contributed by atoms with van der Waals surface area (Å²) in [6, 6.07) is 13.7. The van der Waals surface area contributed by atoms with Gasteiger partial charge in [0.05, 0.1) is 12.0 Å². The van der Waals surface area contributed by atoms with Crippen LogP contribution in [0.1, 0.15) is 12.0 Å². The Morgan fingerprint density at radius 2 is 2.04 bits per heavy atom. The molecule has 144 valence electrons. The van der Waals surface area contributed by atoms with E-state index in [9.17, 15) is 14.7 Å². The van der Waals surface area contributed by atoms with Crippen LogP contribution in [0.15, 0.2) is 53.4 Å². The third-order valence-corrected chi connectivity index (χ3v) is 5.48. The first-order valence-corrected chi connectivity index (χ1v) is 9.67. The molecule has 2 aromatic rings. The lowest BCUT2D eigenvalue weighted by Crippen LogP contribution is -2.30. The zero-order chi connectivity index (χ0) is 20.1. The first-order chi connectivity index (χ1) is 13.5. The van der Waals surface area contributed by atoms with Gasteiger partial charge in [0, 0.05) is 24.7 Å². The number of phenolic OH excluding ortho intramolecular Hbond substituents is 1. The highest BCUT2D eigenvalue weighted by molar-refractivity contribution is 8.19. The number of rotatable bonds is 6. The minimum absolute atomic E-state index is 0.0680. The second kappa shape index (κ2) is 8.90. The fourth-order valence-electron chi connectivity index (χ4n) is 2.56. The van der Waals surface area contributed by atoms with Gasteiger partial charge in [0.1, 0.15) is 16.5 Å². The number of carbonyl (C=O) groups excluding carboxylic acids is 2. The zero-order valence-electron chi connectivity index (χ0n) is 15.0. The molecule has 1 heterocycles. The number of hydrogen-bond acceptors (Lipinski definition) is 6. The zero-order valence-corrected chi connectivity index (χ0v) is 16.7. The fourth-order valence-corrected chi connectivity index (χ4v) is 3.85. The van der Waals surface area contributed by atoms with Crippen molar-refractivity contribution in [1.29, 1.82) is 0 Å². The van der Waals surface area contributed by atoms with E-state index in [0.29, 0.717) is 15.6 Å². The number of phenols is 1. The van der Waals surface area contributed by atoms with Gasteiger partial charge in [-0.1, -0.05) is 30.4 Å². The second-order valence-corrected chi connectivity index (χ2v) is 7.33. The van der Waals surface area contributed by atoms with Crippen LogP contribution in [0.4, 0.5) is 10.5 Å². The Balaban J connectivity index is 1.60. The van der Waals surface area contributed by atoms with E-state index in [-0.39, 0.29) is 29.9 Å². The van der Waals surface area contributed by atoms with Crippen molar-refractivity contribution in [2.75, 3.05) is 19.0 Å². The van der Waals surface area contributed by atoms with Crippen LogP contribution in [0.3, 0.4) is 0 Å². The fraction of sp³-hybridized carbons (Fsp3) is 0.150. The predicted octanol–water partition coefficient (Wildman–Crippen LogP) is 4.27. The molecule has 3 rings (SSSR count). The van der Waals surface area contributed by atoms with E-state index in [0.717, 1.165) is 23.1 Å². The summed E-state index contributed by atoms with van der Waals surface area (Å²) >= 11 is 6.47. The molecule has 0 bridgehead atoms. The van der Waals surface area contributed by atoms with Gasteiger partial charge in [0.15, 0.2) is 0 Å². The van der Waals surface area contributed by atoms with Crippen molar-refractivity contribution < 1.29 is 19.4 Å². The molecule has 0 aromatic heterocycles.